The first-order chi connectivity index (χ1) is 12.0. The Hall–Kier alpha value is -3.15. The van der Waals surface area contributed by atoms with Gasteiger partial charge in [-0.05, 0) is 35.4 Å². The summed E-state index contributed by atoms with van der Waals surface area (Å²) in [5.41, 5.74) is 2.80. The van der Waals surface area contributed by atoms with Gasteiger partial charge in [0.15, 0.2) is 0 Å². The Bertz CT molecular complexity index is 752. The quantitative estimate of drug-likeness (QED) is 0.788. The molecule has 0 spiro atoms. The lowest BCUT2D eigenvalue weighted by molar-refractivity contribution is -0.119. The van der Waals surface area contributed by atoms with E-state index in [0.717, 1.165) is 11.1 Å². The molecule has 0 aliphatic rings. The van der Waals surface area contributed by atoms with E-state index in [2.05, 4.69) is 15.4 Å². The van der Waals surface area contributed by atoms with Gasteiger partial charge in [0.1, 0.15) is 0 Å². The van der Waals surface area contributed by atoms with Gasteiger partial charge in [0.25, 0.3) is 5.91 Å². The number of methoxy groups -OCH3 is 1. The van der Waals surface area contributed by atoms with Crippen molar-refractivity contribution in [3.63, 3.8) is 0 Å². The standard InChI is InChI=1S/C19H20N2O4/c1-13(22)20-11-14-3-7-16(8-4-14)18(23)21-12-15-5-9-17(10-6-15)19(24)25-2/h3-10H,11-12H2,1-2H3,(H,20,22)(H,21,23). The second kappa shape index (κ2) is 8.63. The molecule has 0 aromatic heterocycles. The van der Waals surface area contributed by atoms with Crippen molar-refractivity contribution in [2.45, 2.75) is 20.0 Å². The van der Waals surface area contributed by atoms with Crippen molar-refractivity contribution in [2.75, 3.05) is 7.11 Å². The largest absolute Gasteiger partial charge is 0.465 e. The van der Waals surface area contributed by atoms with Crippen LogP contribution >= 0.6 is 0 Å². The van der Waals surface area contributed by atoms with Gasteiger partial charge >= 0.3 is 5.97 Å². The normalized spacial score (nSPS) is 10.0. The average molecular weight is 340 g/mol. The number of benzene rings is 2. The number of hydrogen-bond donors (Lipinski definition) is 2. The summed E-state index contributed by atoms with van der Waals surface area (Å²) in [7, 11) is 1.33. The molecule has 25 heavy (non-hydrogen) atoms. The molecule has 2 aromatic rings. The highest BCUT2D eigenvalue weighted by Gasteiger charge is 2.07. The molecule has 0 aliphatic carbocycles. The molecule has 0 unspecified atom stereocenters. The average Bonchev–Trinajstić information content (AvgIpc) is 2.64. The Labute approximate surface area is 146 Å². The number of amides is 2. The highest BCUT2D eigenvalue weighted by Crippen LogP contribution is 2.07. The second-order valence-corrected chi connectivity index (χ2v) is 5.48. The lowest BCUT2D eigenvalue weighted by Gasteiger charge is -2.07. The lowest BCUT2D eigenvalue weighted by Crippen LogP contribution is -2.23. The van der Waals surface area contributed by atoms with Crippen LogP contribution in [0.4, 0.5) is 0 Å². The molecule has 0 heterocycles. The Morgan fingerprint density at radius 2 is 1.28 bits per heavy atom. The molecule has 0 fully saturated rings. The van der Waals surface area contributed by atoms with E-state index in [4.69, 9.17) is 0 Å². The van der Waals surface area contributed by atoms with Crippen molar-refractivity contribution in [3.8, 4) is 0 Å². The molecule has 2 rings (SSSR count). The summed E-state index contributed by atoms with van der Waals surface area (Å²) in [6.07, 6.45) is 0. The van der Waals surface area contributed by atoms with Crippen LogP contribution in [0.5, 0.6) is 0 Å². The third kappa shape index (κ3) is 5.46. The van der Waals surface area contributed by atoms with Crippen LogP contribution in [-0.4, -0.2) is 24.9 Å². The van der Waals surface area contributed by atoms with Crippen LogP contribution in [0.15, 0.2) is 48.5 Å². The number of hydrogen-bond acceptors (Lipinski definition) is 4. The van der Waals surface area contributed by atoms with Gasteiger partial charge in [0.2, 0.25) is 5.91 Å². The number of nitrogens with one attached hydrogen (secondary N) is 2. The van der Waals surface area contributed by atoms with Crippen molar-refractivity contribution in [1.29, 1.82) is 0 Å². The first kappa shape index (κ1) is 18.2. The van der Waals surface area contributed by atoms with Gasteiger partial charge in [-0.2, -0.15) is 0 Å². The van der Waals surface area contributed by atoms with Crippen LogP contribution in [0.25, 0.3) is 0 Å². The van der Waals surface area contributed by atoms with Crippen molar-refractivity contribution in [1.82, 2.24) is 10.6 Å². The summed E-state index contributed by atoms with van der Waals surface area (Å²) in [5, 5.41) is 5.52. The second-order valence-electron chi connectivity index (χ2n) is 5.48. The molecule has 0 bridgehead atoms. The minimum atomic E-state index is -0.394. The summed E-state index contributed by atoms with van der Waals surface area (Å²) < 4.78 is 4.64. The van der Waals surface area contributed by atoms with Crippen LogP contribution in [0.2, 0.25) is 0 Å². The van der Waals surface area contributed by atoms with E-state index in [-0.39, 0.29) is 11.8 Å². The highest BCUT2D eigenvalue weighted by atomic mass is 16.5. The minimum Gasteiger partial charge on any atom is -0.465 e. The van der Waals surface area contributed by atoms with Crippen molar-refractivity contribution < 1.29 is 19.1 Å². The van der Waals surface area contributed by atoms with Crippen molar-refractivity contribution in [2.24, 2.45) is 0 Å². The van der Waals surface area contributed by atoms with Gasteiger partial charge < -0.3 is 15.4 Å². The summed E-state index contributed by atoms with van der Waals surface area (Å²) in [5.74, 6) is -0.682. The lowest BCUT2D eigenvalue weighted by atomic mass is 10.1. The Balaban J connectivity index is 1.89. The van der Waals surface area contributed by atoms with E-state index >= 15 is 0 Å². The zero-order valence-electron chi connectivity index (χ0n) is 14.2. The molecule has 2 amide bonds. The monoisotopic (exact) mass is 340 g/mol. The molecule has 130 valence electrons. The summed E-state index contributed by atoms with van der Waals surface area (Å²) in [4.78, 5) is 34.4. The maximum atomic E-state index is 12.2. The number of carbonyl (C=O) groups is 3. The zero-order valence-corrected chi connectivity index (χ0v) is 14.2. The minimum absolute atomic E-state index is 0.0972. The molecule has 0 aliphatic heterocycles. The molecule has 0 saturated heterocycles. The molecule has 2 N–H and O–H groups in total. The third-order valence-corrected chi connectivity index (χ3v) is 3.59. The maximum Gasteiger partial charge on any atom is 0.337 e. The highest BCUT2D eigenvalue weighted by molar-refractivity contribution is 5.94. The van der Waals surface area contributed by atoms with Gasteiger partial charge in [-0.1, -0.05) is 24.3 Å². The molecule has 0 atom stereocenters. The number of carbonyl (C=O) groups excluding carboxylic acids is 3. The maximum absolute atomic E-state index is 12.2. The van der Waals surface area contributed by atoms with Crippen LogP contribution in [0, 0.1) is 0 Å². The van der Waals surface area contributed by atoms with E-state index in [1.165, 1.54) is 14.0 Å². The number of rotatable bonds is 6. The Morgan fingerprint density at radius 3 is 1.76 bits per heavy atom. The van der Waals surface area contributed by atoms with Gasteiger partial charge in [-0.15, -0.1) is 0 Å². The van der Waals surface area contributed by atoms with Gasteiger partial charge in [0.05, 0.1) is 12.7 Å². The third-order valence-electron chi connectivity index (χ3n) is 3.59. The predicted molar refractivity (Wildman–Crippen MR) is 92.9 cm³/mol. The van der Waals surface area contributed by atoms with Gasteiger partial charge in [-0.25, -0.2) is 4.79 Å². The molecular formula is C19H20N2O4. The molecule has 0 radical (unpaired) electrons. The molecule has 2 aromatic carbocycles. The fourth-order valence-corrected chi connectivity index (χ4v) is 2.16. The molecular weight excluding hydrogens is 320 g/mol. The van der Waals surface area contributed by atoms with E-state index in [0.29, 0.717) is 24.2 Å². The SMILES string of the molecule is COC(=O)c1ccc(CNC(=O)c2ccc(CNC(C)=O)cc2)cc1. The number of ether oxygens (including phenoxy) is 1. The van der Waals surface area contributed by atoms with Crippen LogP contribution in [0.3, 0.4) is 0 Å². The summed E-state index contributed by atoms with van der Waals surface area (Å²) >= 11 is 0. The summed E-state index contributed by atoms with van der Waals surface area (Å²) in [6.45, 7) is 2.25. The predicted octanol–water partition coefficient (Wildman–Crippen LogP) is 2.04. The molecule has 0 saturated carbocycles. The first-order valence-electron chi connectivity index (χ1n) is 7.78. The fourth-order valence-electron chi connectivity index (χ4n) is 2.16. The topological polar surface area (TPSA) is 84.5 Å². The zero-order chi connectivity index (χ0) is 18.2. The van der Waals surface area contributed by atoms with E-state index in [9.17, 15) is 14.4 Å². The van der Waals surface area contributed by atoms with E-state index in [1.54, 1.807) is 48.5 Å². The first-order valence-corrected chi connectivity index (χ1v) is 7.78. The van der Waals surface area contributed by atoms with Gasteiger partial charge in [0, 0.05) is 25.6 Å². The van der Waals surface area contributed by atoms with E-state index < -0.39 is 5.97 Å². The Morgan fingerprint density at radius 1 is 0.800 bits per heavy atom. The fraction of sp³-hybridized carbons (Fsp3) is 0.211. The molecule has 6 heteroatoms. The van der Waals surface area contributed by atoms with Crippen LogP contribution in [0.1, 0.15) is 38.8 Å². The van der Waals surface area contributed by atoms with Gasteiger partial charge in [-0.3, -0.25) is 9.59 Å². The van der Waals surface area contributed by atoms with Crippen LogP contribution < -0.4 is 10.6 Å². The van der Waals surface area contributed by atoms with E-state index in [1.807, 2.05) is 0 Å². The number of esters is 1. The van der Waals surface area contributed by atoms with Crippen LogP contribution in [-0.2, 0) is 22.6 Å². The van der Waals surface area contributed by atoms with Crippen molar-refractivity contribution in [3.05, 3.63) is 70.8 Å². The summed E-state index contributed by atoms with van der Waals surface area (Å²) in [6, 6.07) is 13.9. The molecule has 6 nitrogen and oxygen atoms in total. The Kier molecular flexibility index (Phi) is 6.28. The van der Waals surface area contributed by atoms with Crippen molar-refractivity contribution >= 4 is 17.8 Å². The smallest absolute Gasteiger partial charge is 0.337 e.